The van der Waals surface area contributed by atoms with Crippen LogP contribution in [0, 0.1) is 4.77 Å². The molecule has 2 N–H and O–H groups in total. The lowest BCUT2D eigenvalue weighted by molar-refractivity contribution is 0.260. The number of rotatable bonds is 3. The SMILES string of the molecule is CSC1CCCC1n1c(CO)n[nH]c1=S. The Bertz CT molecular complexity index is 387. The minimum atomic E-state index is -0.0509. The molecule has 0 saturated heterocycles. The molecule has 1 aromatic rings. The van der Waals surface area contributed by atoms with Crippen molar-refractivity contribution in [2.45, 2.75) is 37.2 Å². The smallest absolute Gasteiger partial charge is 0.195 e. The summed E-state index contributed by atoms with van der Waals surface area (Å²) < 4.78 is 2.62. The van der Waals surface area contributed by atoms with E-state index in [1.165, 1.54) is 12.8 Å². The average Bonchev–Trinajstić information content (AvgIpc) is 2.82. The molecule has 4 nitrogen and oxygen atoms in total. The van der Waals surface area contributed by atoms with Crippen LogP contribution in [0.1, 0.15) is 31.1 Å². The standard InChI is InChI=1S/C9H15N3OS2/c1-15-7-4-2-3-6(7)12-8(5-13)10-11-9(12)14/h6-7,13H,2-5H2,1H3,(H,11,14). The minimum Gasteiger partial charge on any atom is -0.388 e. The molecule has 0 amide bonds. The van der Waals surface area contributed by atoms with Gasteiger partial charge in [0.25, 0.3) is 0 Å². The summed E-state index contributed by atoms with van der Waals surface area (Å²) in [7, 11) is 0. The molecule has 1 heterocycles. The van der Waals surface area contributed by atoms with E-state index in [4.69, 9.17) is 12.2 Å². The maximum absolute atomic E-state index is 9.19. The van der Waals surface area contributed by atoms with Crippen molar-refractivity contribution in [3.8, 4) is 0 Å². The zero-order chi connectivity index (χ0) is 10.8. The Morgan fingerprint density at radius 3 is 3.13 bits per heavy atom. The summed E-state index contributed by atoms with van der Waals surface area (Å²) in [6.45, 7) is -0.0509. The first kappa shape index (κ1) is 11.2. The third kappa shape index (κ3) is 1.98. The van der Waals surface area contributed by atoms with Gasteiger partial charge in [-0.25, -0.2) is 0 Å². The van der Waals surface area contributed by atoms with Crippen molar-refractivity contribution in [1.82, 2.24) is 14.8 Å². The number of hydrogen-bond acceptors (Lipinski definition) is 4. The van der Waals surface area contributed by atoms with E-state index in [0.717, 1.165) is 6.42 Å². The first-order chi connectivity index (χ1) is 7.27. The number of thioether (sulfide) groups is 1. The molecule has 84 valence electrons. The molecule has 0 spiro atoms. The lowest BCUT2D eigenvalue weighted by atomic mass is 10.2. The molecule has 1 saturated carbocycles. The molecule has 0 aromatic carbocycles. The highest BCUT2D eigenvalue weighted by Gasteiger charge is 2.30. The van der Waals surface area contributed by atoms with Crippen molar-refractivity contribution < 1.29 is 5.11 Å². The zero-order valence-electron chi connectivity index (χ0n) is 8.64. The van der Waals surface area contributed by atoms with E-state index < -0.39 is 0 Å². The van der Waals surface area contributed by atoms with Gasteiger partial charge in [-0.15, -0.1) is 0 Å². The Kier molecular flexibility index (Phi) is 3.48. The molecular formula is C9H15N3OS2. The van der Waals surface area contributed by atoms with Crippen molar-refractivity contribution in [3.05, 3.63) is 10.6 Å². The summed E-state index contributed by atoms with van der Waals surface area (Å²) in [5, 5.41) is 16.6. The van der Waals surface area contributed by atoms with Gasteiger partial charge in [-0.2, -0.15) is 16.9 Å². The van der Waals surface area contributed by atoms with Crippen LogP contribution in [0.3, 0.4) is 0 Å². The third-order valence-corrected chi connectivity index (χ3v) is 4.41. The Labute approximate surface area is 98.1 Å². The van der Waals surface area contributed by atoms with E-state index in [2.05, 4.69) is 16.5 Å². The number of hydrogen-bond donors (Lipinski definition) is 2. The number of aliphatic hydroxyl groups is 1. The second-order valence-corrected chi connectivity index (χ2v) is 5.21. The molecule has 6 heteroatoms. The van der Waals surface area contributed by atoms with E-state index in [1.54, 1.807) is 0 Å². The summed E-state index contributed by atoms with van der Waals surface area (Å²) in [4.78, 5) is 0. The fourth-order valence-corrected chi connectivity index (χ4v) is 3.53. The molecule has 1 aliphatic carbocycles. The Balaban J connectivity index is 2.35. The highest BCUT2D eigenvalue weighted by molar-refractivity contribution is 7.99. The van der Waals surface area contributed by atoms with Crippen LogP contribution in [-0.2, 0) is 6.61 Å². The van der Waals surface area contributed by atoms with Crippen molar-refractivity contribution in [2.24, 2.45) is 0 Å². The quantitative estimate of drug-likeness (QED) is 0.799. The molecule has 1 aliphatic rings. The number of nitrogens with one attached hydrogen (secondary N) is 1. The van der Waals surface area contributed by atoms with E-state index >= 15 is 0 Å². The molecule has 1 aromatic heterocycles. The van der Waals surface area contributed by atoms with Crippen molar-refractivity contribution >= 4 is 24.0 Å². The van der Waals surface area contributed by atoms with Gasteiger partial charge in [0.15, 0.2) is 10.6 Å². The topological polar surface area (TPSA) is 53.8 Å². The summed E-state index contributed by atoms with van der Waals surface area (Å²) in [6, 6.07) is 0.397. The number of aromatic nitrogens is 3. The third-order valence-electron chi connectivity index (χ3n) is 2.97. The summed E-state index contributed by atoms with van der Waals surface area (Å²) in [5.41, 5.74) is 0. The normalized spacial score (nSPS) is 26.0. The summed E-state index contributed by atoms with van der Waals surface area (Å²) in [5.74, 6) is 0.658. The Hall–Kier alpha value is -0.330. The Morgan fingerprint density at radius 1 is 1.67 bits per heavy atom. The number of nitrogens with zero attached hydrogens (tertiary/aromatic N) is 2. The number of H-pyrrole nitrogens is 1. The van der Waals surface area contributed by atoms with E-state index in [0.29, 0.717) is 21.9 Å². The van der Waals surface area contributed by atoms with Crippen LogP contribution in [0.4, 0.5) is 0 Å². The molecule has 0 bridgehead atoms. The Morgan fingerprint density at radius 2 is 2.47 bits per heavy atom. The van der Waals surface area contributed by atoms with E-state index in [1.807, 2.05) is 16.3 Å². The fraction of sp³-hybridized carbons (Fsp3) is 0.778. The lowest BCUT2D eigenvalue weighted by Gasteiger charge is -2.20. The van der Waals surface area contributed by atoms with Gasteiger partial charge in [-0.1, -0.05) is 6.42 Å². The monoisotopic (exact) mass is 245 g/mol. The maximum Gasteiger partial charge on any atom is 0.195 e. The number of aromatic amines is 1. The highest BCUT2D eigenvalue weighted by Crippen LogP contribution is 2.37. The first-order valence-corrected chi connectivity index (χ1v) is 6.77. The van der Waals surface area contributed by atoms with Crippen LogP contribution >= 0.6 is 24.0 Å². The predicted molar refractivity (Wildman–Crippen MR) is 63.5 cm³/mol. The lowest BCUT2D eigenvalue weighted by Crippen LogP contribution is -2.18. The highest BCUT2D eigenvalue weighted by atomic mass is 32.2. The minimum absolute atomic E-state index is 0.0509. The van der Waals surface area contributed by atoms with Crippen LogP contribution < -0.4 is 0 Å². The molecule has 2 atom stereocenters. The maximum atomic E-state index is 9.19. The van der Waals surface area contributed by atoms with Crippen LogP contribution in [0.2, 0.25) is 0 Å². The average molecular weight is 245 g/mol. The van der Waals surface area contributed by atoms with Gasteiger partial charge in [-0.3, -0.25) is 9.67 Å². The van der Waals surface area contributed by atoms with E-state index in [-0.39, 0.29) is 6.61 Å². The van der Waals surface area contributed by atoms with Gasteiger partial charge in [0.2, 0.25) is 0 Å². The number of aliphatic hydroxyl groups excluding tert-OH is 1. The van der Waals surface area contributed by atoms with Crippen LogP contribution in [-0.4, -0.2) is 31.4 Å². The van der Waals surface area contributed by atoms with Gasteiger partial charge in [0, 0.05) is 11.3 Å². The second-order valence-electron chi connectivity index (χ2n) is 3.75. The molecule has 0 radical (unpaired) electrons. The zero-order valence-corrected chi connectivity index (χ0v) is 10.3. The largest absolute Gasteiger partial charge is 0.388 e. The van der Waals surface area contributed by atoms with Crippen LogP contribution in [0.15, 0.2) is 0 Å². The van der Waals surface area contributed by atoms with Gasteiger partial charge < -0.3 is 5.11 Å². The summed E-state index contributed by atoms with van der Waals surface area (Å²) in [6.07, 6.45) is 5.72. The van der Waals surface area contributed by atoms with Gasteiger partial charge in [-0.05, 0) is 31.3 Å². The molecule has 2 unspecified atom stereocenters. The van der Waals surface area contributed by atoms with Crippen molar-refractivity contribution in [2.75, 3.05) is 6.26 Å². The molecular weight excluding hydrogens is 230 g/mol. The van der Waals surface area contributed by atoms with Crippen molar-refractivity contribution in [3.63, 3.8) is 0 Å². The van der Waals surface area contributed by atoms with Gasteiger partial charge >= 0.3 is 0 Å². The molecule has 2 rings (SSSR count). The predicted octanol–water partition coefficient (Wildman–Crippen LogP) is 1.89. The van der Waals surface area contributed by atoms with E-state index in [9.17, 15) is 5.11 Å². The summed E-state index contributed by atoms with van der Waals surface area (Å²) >= 11 is 7.08. The van der Waals surface area contributed by atoms with Crippen LogP contribution in [0.5, 0.6) is 0 Å². The second kappa shape index (κ2) is 4.67. The van der Waals surface area contributed by atoms with Crippen molar-refractivity contribution in [1.29, 1.82) is 0 Å². The van der Waals surface area contributed by atoms with Gasteiger partial charge in [0.05, 0.1) is 0 Å². The first-order valence-electron chi connectivity index (χ1n) is 5.07. The van der Waals surface area contributed by atoms with Crippen LogP contribution in [0.25, 0.3) is 0 Å². The molecule has 15 heavy (non-hydrogen) atoms. The van der Waals surface area contributed by atoms with Gasteiger partial charge in [0.1, 0.15) is 6.61 Å². The molecule has 0 aliphatic heterocycles. The molecule has 1 fully saturated rings. The fourth-order valence-electron chi connectivity index (χ4n) is 2.27.